The molecule has 1 N–H and O–H groups in total. The summed E-state index contributed by atoms with van der Waals surface area (Å²) in [4.78, 5) is 24.9. The lowest BCUT2D eigenvalue weighted by molar-refractivity contribution is -0.132. The first-order valence-corrected chi connectivity index (χ1v) is 7.46. The molecule has 2 amide bonds. The molecule has 1 atom stereocenters. The van der Waals surface area contributed by atoms with Gasteiger partial charge in [-0.1, -0.05) is 6.58 Å². The Morgan fingerprint density at radius 2 is 2.00 bits per heavy atom. The van der Waals surface area contributed by atoms with Crippen LogP contribution >= 0.6 is 0 Å². The predicted octanol–water partition coefficient (Wildman–Crippen LogP) is 0.954. The predicted molar refractivity (Wildman–Crippen MR) is 76.1 cm³/mol. The van der Waals surface area contributed by atoms with Gasteiger partial charge in [-0.3, -0.25) is 9.59 Å². The van der Waals surface area contributed by atoms with Gasteiger partial charge in [0.15, 0.2) is 0 Å². The van der Waals surface area contributed by atoms with E-state index in [-0.39, 0.29) is 11.8 Å². The summed E-state index contributed by atoms with van der Waals surface area (Å²) in [5.74, 6) is 1.31. The average Bonchev–Trinajstić information content (AvgIpc) is 3.01. The van der Waals surface area contributed by atoms with E-state index in [0.29, 0.717) is 24.8 Å². The minimum atomic E-state index is -0.224. The molecule has 0 aromatic carbocycles. The van der Waals surface area contributed by atoms with Crippen LogP contribution < -0.4 is 5.32 Å². The molecule has 5 heteroatoms. The van der Waals surface area contributed by atoms with E-state index in [1.807, 2.05) is 4.90 Å². The average molecular weight is 280 g/mol. The zero-order chi connectivity index (χ0) is 14.4. The van der Waals surface area contributed by atoms with Gasteiger partial charge in [-0.2, -0.15) is 0 Å². The quantitative estimate of drug-likeness (QED) is 0.763. The lowest BCUT2D eigenvalue weighted by Crippen LogP contribution is -2.41. The summed E-state index contributed by atoms with van der Waals surface area (Å²) in [7, 11) is 0. The summed E-state index contributed by atoms with van der Waals surface area (Å²) >= 11 is 0. The molecular formula is C15H24N2O3. The number of carbonyl (C=O) groups excluding carboxylic acids is 2. The molecule has 112 valence electrons. The number of nitrogens with one attached hydrogen (secondary N) is 1. The van der Waals surface area contributed by atoms with Crippen molar-refractivity contribution in [3.8, 4) is 0 Å². The summed E-state index contributed by atoms with van der Waals surface area (Å²) in [5.41, 5.74) is 0. The fourth-order valence-electron chi connectivity index (χ4n) is 3.07. The molecule has 0 radical (unpaired) electrons. The van der Waals surface area contributed by atoms with Crippen molar-refractivity contribution < 1.29 is 14.3 Å². The Bertz CT molecular complexity index is 356. The van der Waals surface area contributed by atoms with Gasteiger partial charge in [0.25, 0.3) is 0 Å². The van der Waals surface area contributed by atoms with Crippen LogP contribution in [-0.4, -0.2) is 49.6 Å². The van der Waals surface area contributed by atoms with E-state index in [4.69, 9.17) is 4.74 Å². The Kier molecular flexibility index (Phi) is 5.59. The molecule has 2 fully saturated rings. The monoisotopic (exact) mass is 280 g/mol. The maximum Gasteiger partial charge on any atom is 0.243 e. The molecule has 2 rings (SSSR count). The van der Waals surface area contributed by atoms with Gasteiger partial charge in [-0.25, -0.2) is 0 Å². The lowest BCUT2D eigenvalue weighted by atomic mass is 9.84. The Labute approximate surface area is 120 Å². The Balaban J connectivity index is 1.66. The number of nitrogens with zero attached hydrogens (tertiary/aromatic N) is 1. The van der Waals surface area contributed by atoms with Crippen molar-refractivity contribution in [2.24, 2.45) is 11.8 Å². The molecule has 20 heavy (non-hydrogen) atoms. The van der Waals surface area contributed by atoms with Crippen LogP contribution in [0.1, 0.15) is 25.7 Å². The van der Waals surface area contributed by atoms with Crippen molar-refractivity contribution >= 4 is 11.8 Å². The molecule has 2 heterocycles. The standard InChI is InChI=1S/C15H24N2O3/c1-2-14(18)16-7-3-15(19)17-8-4-12(5-9-17)13-6-10-20-11-13/h2,12-13H,1,3-11H2,(H,16,18). The molecule has 0 bridgehead atoms. The van der Waals surface area contributed by atoms with Crippen molar-refractivity contribution in [1.29, 1.82) is 0 Å². The smallest absolute Gasteiger partial charge is 0.243 e. The number of piperidine rings is 1. The third kappa shape index (κ3) is 4.07. The van der Waals surface area contributed by atoms with Gasteiger partial charge in [0.05, 0.1) is 0 Å². The van der Waals surface area contributed by atoms with Crippen molar-refractivity contribution in [3.63, 3.8) is 0 Å². The van der Waals surface area contributed by atoms with E-state index in [1.54, 1.807) is 0 Å². The van der Waals surface area contributed by atoms with Gasteiger partial charge in [0, 0.05) is 39.3 Å². The van der Waals surface area contributed by atoms with Gasteiger partial charge in [-0.05, 0) is 37.2 Å². The summed E-state index contributed by atoms with van der Waals surface area (Å²) in [6.07, 6.45) is 4.93. The van der Waals surface area contributed by atoms with Gasteiger partial charge < -0.3 is 15.0 Å². The molecule has 5 nitrogen and oxygen atoms in total. The highest BCUT2D eigenvalue weighted by Gasteiger charge is 2.30. The Hall–Kier alpha value is -1.36. The number of hydrogen-bond donors (Lipinski definition) is 1. The zero-order valence-corrected chi connectivity index (χ0v) is 12.0. The maximum atomic E-state index is 12.0. The van der Waals surface area contributed by atoms with Crippen molar-refractivity contribution in [2.75, 3.05) is 32.8 Å². The van der Waals surface area contributed by atoms with E-state index in [0.717, 1.165) is 39.1 Å². The minimum absolute atomic E-state index is 0.135. The minimum Gasteiger partial charge on any atom is -0.381 e. The fraction of sp³-hybridized carbons (Fsp3) is 0.733. The first-order chi connectivity index (χ1) is 9.70. The summed E-state index contributed by atoms with van der Waals surface area (Å²) in [5, 5.41) is 2.63. The van der Waals surface area contributed by atoms with E-state index < -0.39 is 0 Å². The first kappa shape index (κ1) is 15.0. The fourth-order valence-corrected chi connectivity index (χ4v) is 3.07. The highest BCUT2D eigenvalue weighted by molar-refractivity contribution is 5.87. The Morgan fingerprint density at radius 1 is 1.25 bits per heavy atom. The van der Waals surface area contributed by atoms with Crippen molar-refractivity contribution in [1.82, 2.24) is 10.2 Å². The number of ether oxygens (including phenoxy) is 1. The van der Waals surface area contributed by atoms with Crippen LogP contribution in [0.15, 0.2) is 12.7 Å². The third-order valence-electron chi connectivity index (χ3n) is 4.35. The summed E-state index contributed by atoms with van der Waals surface area (Å²) in [6, 6.07) is 0. The van der Waals surface area contributed by atoms with Crippen molar-refractivity contribution in [3.05, 3.63) is 12.7 Å². The Morgan fingerprint density at radius 3 is 2.60 bits per heavy atom. The number of carbonyl (C=O) groups is 2. The lowest BCUT2D eigenvalue weighted by Gasteiger charge is -2.34. The first-order valence-electron chi connectivity index (χ1n) is 7.46. The van der Waals surface area contributed by atoms with Crippen LogP contribution in [0, 0.1) is 11.8 Å². The normalized spacial score (nSPS) is 23.6. The van der Waals surface area contributed by atoms with E-state index in [1.165, 1.54) is 12.5 Å². The van der Waals surface area contributed by atoms with Crippen LogP contribution in [0.2, 0.25) is 0 Å². The summed E-state index contributed by atoms with van der Waals surface area (Å²) in [6.45, 7) is 7.24. The number of likely N-dealkylation sites (tertiary alicyclic amines) is 1. The molecule has 2 aliphatic heterocycles. The highest BCUT2D eigenvalue weighted by atomic mass is 16.5. The molecule has 2 aliphatic rings. The number of amides is 2. The summed E-state index contributed by atoms with van der Waals surface area (Å²) < 4.78 is 5.44. The van der Waals surface area contributed by atoms with E-state index >= 15 is 0 Å². The molecule has 0 saturated carbocycles. The number of rotatable bonds is 5. The van der Waals surface area contributed by atoms with Crippen LogP contribution in [-0.2, 0) is 14.3 Å². The molecule has 0 aromatic heterocycles. The molecular weight excluding hydrogens is 256 g/mol. The van der Waals surface area contributed by atoms with Gasteiger partial charge in [0.1, 0.15) is 0 Å². The van der Waals surface area contributed by atoms with Crippen LogP contribution in [0.25, 0.3) is 0 Å². The maximum absolute atomic E-state index is 12.0. The molecule has 1 unspecified atom stereocenters. The molecule has 2 saturated heterocycles. The second-order valence-electron chi connectivity index (χ2n) is 5.59. The van der Waals surface area contributed by atoms with Gasteiger partial charge in [0.2, 0.25) is 11.8 Å². The van der Waals surface area contributed by atoms with Crippen LogP contribution in [0.4, 0.5) is 0 Å². The number of hydrogen-bond acceptors (Lipinski definition) is 3. The van der Waals surface area contributed by atoms with Crippen LogP contribution in [0.5, 0.6) is 0 Å². The van der Waals surface area contributed by atoms with Crippen LogP contribution in [0.3, 0.4) is 0 Å². The van der Waals surface area contributed by atoms with E-state index in [9.17, 15) is 9.59 Å². The molecule has 0 spiro atoms. The third-order valence-corrected chi connectivity index (χ3v) is 4.35. The van der Waals surface area contributed by atoms with Gasteiger partial charge >= 0.3 is 0 Å². The van der Waals surface area contributed by atoms with Crippen molar-refractivity contribution in [2.45, 2.75) is 25.7 Å². The molecule has 0 aliphatic carbocycles. The largest absolute Gasteiger partial charge is 0.381 e. The molecule has 0 aromatic rings. The second kappa shape index (κ2) is 7.43. The zero-order valence-electron chi connectivity index (χ0n) is 12.0. The van der Waals surface area contributed by atoms with Gasteiger partial charge in [-0.15, -0.1) is 0 Å². The SMILES string of the molecule is C=CC(=O)NCCC(=O)N1CCC(C2CCOC2)CC1. The highest BCUT2D eigenvalue weighted by Crippen LogP contribution is 2.30. The topological polar surface area (TPSA) is 58.6 Å². The second-order valence-corrected chi connectivity index (χ2v) is 5.59. The van der Waals surface area contributed by atoms with E-state index in [2.05, 4.69) is 11.9 Å².